The van der Waals surface area contributed by atoms with E-state index in [-0.39, 0.29) is 0 Å². The zero-order valence-electron chi connectivity index (χ0n) is 34.6. The molecule has 2 aliphatic rings. The van der Waals surface area contributed by atoms with Crippen LogP contribution < -0.4 is 0 Å². The lowest BCUT2D eigenvalue weighted by atomic mass is 9.67. The SMILES string of the molecule is c1ccc(-c2cc(-c3cccc(-c4ccc5c(c4)nc(-c4ccccc4)c4ccc6c(c45)Sc4ccccc4C64c5ccccc5-c5ccccc54)c3)nc(-c3ccccc3)n2)cc1. The van der Waals surface area contributed by atoms with E-state index in [2.05, 4.69) is 200 Å². The second kappa shape index (κ2) is 14.6. The third-order valence-electron chi connectivity index (χ3n) is 13.1. The van der Waals surface area contributed by atoms with Gasteiger partial charge in [0.25, 0.3) is 0 Å². The van der Waals surface area contributed by atoms with E-state index in [1.807, 2.05) is 36.0 Å². The van der Waals surface area contributed by atoms with Gasteiger partial charge in [-0.2, -0.15) is 0 Å². The first-order valence-electron chi connectivity index (χ1n) is 21.8. The fourth-order valence-electron chi connectivity index (χ4n) is 10.3. The highest BCUT2D eigenvalue weighted by atomic mass is 32.2. The zero-order valence-corrected chi connectivity index (χ0v) is 35.4. The molecule has 0 saturated carbocycles. The molecule has 1 spiro atoms. The van der Waals surface area contributed by atoms with Crippen molar-refractivity contribution in [2.24, 2.45) is 0 Å². The molecule has 11 aromatic rings. The van der Waals surface area contributed by atoms with Crippen LogP contribution in [0.4, 0.5) is 0 Å². The molecular formula is C60H37N3S. The van der Waals surface area contributed by atoms with Crippen LogP contribution in [0.1, 0.15) is 22.3 Å². The second-order valence-electron chi connectivity index (χ2n) is 16.6. The van der Waals surface area contributed by atoms with Crippen molar-refractivity contribution in [2.45, 2.75) is 15.2 Å². The smallest absolute Gasteiger partial charge is 0.160 e. The topological polar surface area (TPSA) is 38.7 Å². The van der Waals surface area contributed by atoms with Gasteiger partial charge < -0.3 is 0 Å². The van der Waals surface area contributed by atoms with Crippen LogP contribution in [-0.2, 0) is 5.41 Å². The third-order valence-corrected chi connectivity index (χ3v) is 14.3. The molecule has 0 atom stereocenters. The standard InChI is InChI=1S/C60H37N3S/c1-4-17-38(18-5-1)52-37-53(63-59(62-52)40-21-8-3-9-22-40)43-24-16-23-41(35-43)42-31-32-46-54(36-42)61-57(39-19-6-2-7-20-39)47-33-34-51-58(56(46)47)64-55-30-15-14-29-50(55)60(51)48-27-12-10-25-44(48)45-26-11-13-28-49(45)60/h1-37H. The van der Waals surface area contributed by atoms with E-state index in [0.29, 0.717) is 5.82 Å². The molecule has 2 aromatic heterocycles. The van der Waals surface area contributed by atoms with Crippen LogP contribution in [0.3, 0.4) is 0 Å². The number of hydrogen-bond acceptors (Lipinski definition) is 4. The van der Waals surface area contributed by atoms with Crippen molar-refractivity contribution in [3.63, 3.8) is 0 Å². The summed E-state index contributed by atoms with van der Waals surface area (Å²) >= 11 is 1.90. The molecular weight excluding hydrogens is 795 g/mol. The second-order valence-corrected chi connectivity index (χ2v) is 17.7. The fraction of sp³-hybridized carbons (Fsp3) is 0.0167. The van der Waals surface area contributed by atoms with Crippen LogP contribution in [0, 0.1) is 0 Å². The Morgan fingerprint density at radius 2 is 0.891 bits per heavy atom. The molecule has 0 amide bonds. The van der Waals surface area contributed by atoms with Crippen LogP contribution in [-0.4, -0.2) is 15.0 Å². The molecule has 9 aromatic carbocycles. The highest BCUT2D eigenvalue weighted by Crippen LogP contribution is 2.63. The van der Waals surface area contributed by atoms with Gasteiger partial charge in [-0.05, 0) is 68.8 Å². The summed E-state index contributed by atoms with van der Waals surface area (Å²) in [6, 6.07) is 80.8. The average molecular weight is 832 g/mol. The number of rotatable bonds is 5. The molecule has 4 heteroatoms. The van der Waals surface area contributed by atoms with E-state index in [9.17, 15) is 0 Å². The summed E-state index contributed by atoms with van der Waals surface area (Å²) in [5.41, 5.74) is 17.5. The fourth-order valence-corrected chi connectivity index (χ4v) is 11.7. The van der Waals surface area contributed by atoms with Gasteiger partial charge in [0.15, 0.2) is 5.82 Å². The van der Waals surface area contributed by atoms with E-state index in [0.717, 1.165) is 66.8 Å². The van der Waals surface area contributed by atoms with Crippen LogP contribution in [0.25, 0.3) is 89.1 Å². The quantitative estimate of drug-likeness (QED) is 0.162. The lowest BCUT2D eigenvalue weighted by Crippen LogP contribution is -2.32. The molecule has 3 nitrogen and oxygen atoms in total. The first-order chi connectivity index (χ1) is 31.7. The minimum Gasteiger partial charge on any atom is -0.247 e. The number of pyridine rings is 1. The molecule has 0 saturated heterocycles. The Hall–Kier alpha value is -7.92. The van der Waals surface area contributed by atoms with E-state index in [1.54, 1.807) is 0 Å². The summed E-state index contributed by atoms with van der Waals surface area (Å²) in [5.74, 6) is 0.702. The minimum atomic E-state index is -0.469. The highest BCUT2D eigenvalue weighted by molar-refractivity contribution is 7.99. The van der Waals surface area contributed by atoms with Gasteiger partial charge in [0.1, 0.15) is 0 Å². The summed E-state index contributed by atoms with van der Waals surface area (Å²) in [6.45, 7) is 0. The number of hydrogen-bond donors (Lipinski definition) is 0. The van der Waals surface area contributed by atoms with Crippen molar-refractivity contribution in [1.82, 2.24) is 15.0 Å². The lowest BCUT2D eigenvalue weighted by molar-refractivity contribution is 0.726. The minimum absolute atomic E-state index is 0.469. The van der Waals surface area contributed by atoms with Crippen LogP contribution in [0.2, 0.25) is 0 Å². The van der Waals surface area contributed by atoms with Gasteiger partial charge in [0, 0.05) is 48.2 Å². The molecule has 3 heterocycles. The number of benzene rings is 9. The molecule has 0 unspecified atom stereocenters. The number of aromatic nitrogens is 3. The molecule has 298 valence electrons. The van der Waals surface area contributed by atoms with Crippen molar-refractivity contribution < 1.29 is 0 Å². The summed E-state index contributed by atoms with van der Waals surface area (Å²) in [4.78, 5) is 18.3. The van der Waals surface area contributed by atoms with Gasteiger partial charge in [-0.15, -0.1) is 0 Å². The monoisotopic (exact) mass is 831 g/mol. The Morgan fingerprint density at radius 1 is 0.344 bits per heavy atom. The van der Waals surface area contributed by atoms with Gasteiger partial charge in [0.2, 0.25) is 0 Å². The third kappa shape index (κ3) is 5.59. The molecule has 0 radical (unpaired) electrons. The van der Waals surface area contributed by atoms with Crippen molar-refractivity contribution in [3.05, 3.63) is 247 Å². The van der Waals surface area contributed by atoms with Crippen molar-refractivity contribution >= 4 is 33.4 Å². The van der Waals surface area contributed by atoms with Gasteiger partial charge in [0.05, 0.1) is 28.0 Å². The maximum atomic E-state index is 5.55. The maximum absolute atomic E-state index is 5.55. The van der Waals surface area contributed by atoms with Gasteiger partial charge in [-0.25, -0.2) is 15.0 Å². The Kier molecular flexibility index (Phi) is 8.37. The molecule has 64 heavy (non-hydrogen) atoms. The first kappa shape index (κ1) is 36.7. The van der Waals surface area contributed by atoms with Crippen molar-refractivity contribution in [3.8, 4) is 67.4 Å². The van der Waals surface area contributed by atoms with E-state index in [1.165, 1.54) is 48.6 Å². The maximum Gasteiger partial charge on any atom is 0.160 e. The zero-order chi connectivity index (χ0) is 42.2. The molecule has 1 aliphatic carbocycles. The van der Waals surface area contributed by atoms with Crippen molar-refractivity contribution in [2.75, 3.05) is 0 Å². The number of fused-ring (bicyclic) bond motifs is 13. The predicted octanol–water partition coefficient (Wildman–Crippen LogP) is 15.3. The normalized spacial score (nSPS) is 13.1. The van der Waals surface area contributed by atoms with E-state index < -0.39 is 5.41 Å². The first-order valence-corrected chi connectivity index (χ1v) is 22.6. The van der Waals surface area contributed by atoms with Crippen LogP contribution >= 0.6 is 11.8 Å². The Labute approximate surface area is 375 Å². The summed E-state index contributed by atoms with van der Waals surface area (Å²) in [6.07, 6.45) is 0. The Balaban J connectivity index is 1.03. The molecule has 0 fully saturated rings. The van der Waals surface area contributed by atoms with Crippen LogP contribution in [0.15, 0.2) is 234 Å². The summed E-state index contributed by atoms with van der Waals surface area (Å²) < 4.78 is 0. The van der Waals surface area contributed by atoms with Gasteiger partial charge in [-0.1, -0.05) is 212 Å². The predicted molar refractivity (Wildman–Crippen MR) is 263 cm³/mol. The molecule has 13 rings (SSSR count). The van der Waals surface area contributed by atoms with E-state index >= 15 is 0 Å². The summed E-state index contributed by atoms with van der Waals surface area (Å²) in [7, 11) is 0. The lowest BCUT2D eigenvalue weighted by Gasteiger charge is -2.40. The molecule has 1 aliphatic heterocycles. The largest absolute Gasteiger partial charge is 0.247 e. The number of nitrogens with zero attached hydrogens (tertiary/aromatic N) is 3. The average Bonchev–Trinajstić information content (AvgIpc) is 3.67. The van der Waals surface area contributed by atoms with Gasteiger partial charge >= 0.3 is 0 Å². The van der Waals surface area contributed by atoms with Gasteiger partial charge in [-0.3, -0.25) is 0 Å². The van der Waals surface area contributed by atoms with Crippen LogP contribution in [0.5, 0.6) is 0 Å². The Bertz CT molecular complexity index is 3540. The summed E-state index contributed by atoms with van der Waals surface area (Å²) in [5, 5.41) is 3.54. The molecule has 0 bridgehead atoms. The highest BCUT2D eigenvalue weighted by Gasteiger charge is 2.50. The molecule has 0 N–H and O–H groups in total. The van der Waals surface area contributed by atoms with Crippen molar-refractivity contribution in [1.29, 1.82) is 0 Å². The Morgan fingerprint density at radius 3 is 1.61 bits per heavy atom. The van der Waals surface area contributed by atoms with E-state index in [4.69, 9.17) is 15.0 Å².